The highest BCUT2D eigenvalue weighted by molar-refractivity contribution is 5.72. The van der Waals surface area contributed by atoms with Gasteiger partial charge in [0.1, 0.15) is 5.76 Å². The summed E-state index contributed by atoms with van der Waals surface area (Å²) in [6.07, 6.45) is 3.68. The van der Waals surface area contributed by atoms with Crippen LogP contribution in [0.1, 0.15) is 48.0 Å². The van der Waals surface area contributed by atoms with Crippen molar-refractivity contribution in [1.82, 2.24) is 0 Å². The third-order valence-electron chi connectivity index (χ3n) is 5.48. The highest BCUT2D eigenvalue weighted by atomic mass is 16.6. The Morgan fingerprint density at radius 2 is 1.86 bits per heavy atom. The van der Waals surface area contributed by atoms with Crippen LogP contribution in [-0.2, 0) is 19.9 Å². The van der Waals surface area contributed by atoms with E-state index >= 15 is 0 Å². The molecule has 2 aliphatic rings. The molecule has 2 bridgehead atoms. The first-order chi connectivity index (χ1) is 13.7. The summed E-state index contributed by atoms with van der Waals surface area (Å²) in [4.78, 5) is 12.0. The summed E-state index contributed by atoms with van der Waals surface area (Å²) in [5, 5.41) is 0. The molecule has 0 radical (unpaired) electrons. The third-order valence-corrected chi connectivity index (χ3v) is 5.48. The summed E-state index contributed by atoms with van der Waals surface area (Å²) in [6, 6.07) is 22.1. The van der Waals surface area contributed by atoms with E-state index in [0.717, 1.165) is 23.1 Å². The number of carbonyl (C=O) groups excluding carboxylic acids is 1. The van der Waals surface area contributed by atoms with Gasteiger partial charge < -0.3 is 13.9 Å². The van der Waals surface area contributed by atoms with E-state index in [0.29, 0.717) is 5.76 Å². The van der Waals surface area contributed by atoms with Crippen LogP contribution >= 0.6 is 0 Å². The summed E-state index contributed by atoms with van der Waals surface area (Å²) in [5.74, 6) is 0.191. The van der Waals surface area contributed by atoms with Crippen molar-refractivity contribution in [1.29, 1.82) is 0 Å². The van der Waals surface area contributed by atoms with Gasteiger partial charge in [0.15, 0.2) is 11.7 Å². The lowest BCUT2D eigenvalue weighted by molar-refractivity contribution is -0.175. The SMILES string of the molecule is CC(=O)O[C@H](c1ccco1)[C@]12C=C(c3ccccc3)C[C@H](O1)c1ccccc12. The summed E-state index contributed by atoms with van der Waals surface area (Å²) in [6.45, 7) is 1.41. The van der Waals surface area contributed by atoms with Gasteiger partial charge in [-0.15, -0.1) is 0 Å². The molecule has 3 atom stereocenters. The number of carbonyl (C=O) groups is 1. The second-order valence-electron chi connectivity index (χ2n) is 7.23. The lowest BCUT2D eigenvalue weighted by Crippen LogP contribution is -2.36. The van der Waals surface area contributed by atoms with Crippen molar-refractivity contribution < 1.29 is 18.7 Å². The number of benzene rings is 2. The zero-order valence-electron chi connectivity index (χ0n) is 15.5. The average molecular weight is 372 g/mol. The molecule has 4 nitrogen and oxygen atoms in total. The highest BCUT2D eigenvalue weighted by Crippen LogP contribution is 2.58. The van der Waals surface area contributed by atoms with Gasteiger partial charge in [0, 0.05) is 13.3 Å². The molecule has 140 valence electrons. The van der Waals surface area contributed by atoms with E-state index in [9.17, 15) is 4.79 Å². The topological polar surface area (TPSA) is 48.7 Å². The Hall–Kier alpha value is -3.11. The average Bonchev–Trinajstić information content (AvgIpc) is 3.33. The molecule has 0 amide bonds. The minimum absolute atomic E-state index is 0.0931. The van der Waals surface area contributed by atoms with Gasteiger partial charge >= 0.3 is 5.97 Å². The zero-order valence-corrected chi connectivity index (χ0v) is 15.5. The van der Waals surface area contributed by atoms with Crippen LogP contribution < -0.4 is 0 Å². The molecule has 2 aromatic carbocycles. The number of ether oxygens (including phenoxy) is 2. The van der Waals surface area contributed by atoms with Crippen LogP contribution in [0, 0.1) is 0 Å². The van der Waals surface area contributed by atoms with Gasteiger partial charge in [-0.1, -0.05) is 54.6 Å². The molecule has 0 fully saturated rings. The smallest absolute Gasteiger partial charge is 0.303 e. The predicted molar refractivity (Wildman–Crippen MR) is 104 cm³/mol. The standard InChI is InChI=1S/C24H20O4/c1-16(25)27-23(21-12-7-13-26-21)24-15-18(17-8-3-2-4-9-17)14-22(28-24)19-10-5-6-11-20(19)24/h2-13,15,22-23H,14H2,1H3/t22-,23+,24+/m0/s1. The van der Waals surface area contributed by atoms with Crippen LogP contribution in [0.3, 0.4) is 0 Å². The maximum absolute atomic E-state index is 12.0. The Balaban J connectivity index is 1.73. The minimum Gasteiger partial charge on any atom is -0.465 e. The van der Waals surface area contributed by atoms with Gasteiger partial charge in [-0.3, -0.25) is 4.79 Å². The molecule has 1 aromatic heterocycles. The lowest BCUT2D eigenvalue weighted by atomic mass is 9.84. The maximum atomic E-state index is 12.0. The van der Waals surface area contributed by atoms with Crippen LogP contribution in [0.25, 0.3) is 5.57 Å². The zero-order chi connectivity index (χ0) is 19.1. The molecule has 28 heavy (non-hydrogen) atoms. The molecule has 0 saturated heterocycles. The quantitative estimate of drug-likeness (QED) is 0.580. The first-order valence-electron chi connectivity index (χ1n) is 9.42. The van der Waals surface area contributed by atoms with Gasteiger partial charge in [0.25, 0.3) is 0 Å². The number of furan rings is 1. The minimum atomic E-state index is -0.922. The van der Waals surface area contributed by atoms with E-state index in [1.54, 1.807) is 12.3 Å². The van der Waals surface area contributed by atoms with Crippen LogP contribution in [0.2, 0.25) is 0 Å². The van der Waals surface area contributed by atoms with E-state index in [1.807, 2.05) is 36.4 Å². The van der Waals surface area contributed by atoms with Crippen molar-refractivity contribution in [3.63, 3.8) is 0 Å². The molecular formula is C24H20O4. The number of hydrogen-bond acceptors (Lipinski definition) is 4. The van der Waals surface area contributed by atoms with Crippen molar-refractivity contribution in [2.75, 3.05) is 0 Å². The van der Waals surface area contributed by atoms with Crippen LogP contribution in [0.15, 0.2) is 83.5 Å². The first kappa shape index (κ1) is 17.0. The predicted octanol–water partition coefficient (Wildman–Crippen LogP) is 5.34. The molecule has 0 aliphatic carbocycles. The van der Waals surface area contributed by atoms with Gasteiger partial charge in [-0.2, -0.15) is 0 Å². The van der Waals surface area contributed by atoms with Crippen LogP contribution in [0.4, 0.5) is 0 Å². The Kier molecular flexibility index (Phi) is 3.95. The molecule has 3 heterocycles. The summed E-state index contributed by atoms with van der Waals surface area (Å²) < 4.78 is 18.0. The Morgan fingerprint density at radius 1 is 1.07 bits per heavy atom. The van der Waals surface area contributed by atoms with Crippen molar-refractivity contribution in [2.45, 2.75) is 31.2 Å². The van der Waals surface area contributed by atoms with E-state index < -0.39 is 11.7 Å². The number of hydrogen-bond donors (Lipinski definition) is 0. The van der Waals surface area contributed by atoms with Crippen LogP contribution in [0.5, 0.6) is 0 Å². The molecule has 4 heteroatoms. The van der Waals surface area contributed by atoms with Gasteiger partial charge in [-0.05, 0) is 40.5 Å². The van der Waals surface area contributed by atoms with Crippen molar-refractivity contribution in [3.05, 3.63) is 102 Å². The molecule has 0 spiro atoms. The number of rotatable bonds is 4. The summed E-state index contributed by atoms with van der Waals surface area (Å²) >= 11 is 0. The Morgan fingerprint density at radius 3 is 2.61 bits per heavy atom. The van der Waals surface area contributed by atoms with Crippen molar-refractivity contribution in [2.24, 2.45) is 0 Å². The monoisotopic (exact) mass is 372 g/mol. The van der Waals surface area contributed by atoms with Gasteiger partial charge in [0.2, 0.25) is 0 Å². The molecule has 0 saturated carbocycles. The van der Waals surface area contributed by atoms with Crippen molar-refractivity contribution >= 4 is 11.5 Å². The largest absolute Gasteiger partial charge is 0.465 e. The summed E-state index contributed by atoms with van der Waals surface area (Å²) in [7, 11) is 0. The lowest BCUT2D eigenvalue weighted by Gasteiger charge is -2.37. The molecule has 2 aliphatic heterocycles. The van der Waals surface area contributed by atoms with Gasteiger partial charge in [-0.25, -0.2) is 0 Å². The Labute approximate surface area is 163 Å². The second kappa shape index (κ2) is 6.50. The molecule has 5 rings (SSSR count). The normalized spacial score (nSPS) is 23.6. The first-order valence-corrected chi connectivity index (χ1v) is 9.42. The fourth-order valence-corrected chi connectivity index (χ4v) is 4.37. The number of fused-ring (bicyclic) bond motifs is 5. The highest BCUT2D eigenvalue weighted by Gasteiger charge is 2.54. The van der Waals surface area contributed by atoms with Gasteiger partial charge in [0.05, 0.1) is 12.4 Å². The van der Waals surface area contributed by atoms with E-state index in [-0.39, 0.29) is 12.1 Å². The third kappa shape index (κ3) is 2.60. The van der Waals surface area contributed by atoms with Crippen molar-refractivity contribution in [3.8, 4) is 0 Å². The molecule has 3 aromatic rings. The van der Waals surface area contributed by atoms with E-state index in [1.165, 1.54) is 12.5 Å². The van der Waals surface area contributed by atoms with Crippen LogP contribution in [-0.4, -0.2) is 5.97 Å². The fraction of sp³-hybridized carbons (Fsp3) is 0.208. The molecular weight excluding hydrogens is 352 g/mol. The molecule has 0 N–H and O–H groups in total. The van der Waals surface area contributed by atoms with E-state index in [4.69, 9.17) is 13.9 Å². The Bertz CT molecular complexity index is 1040. The summed E-state index contributed by atoms with van der Waals surface area (Å²) in [5.41, 5.74) is 3.56. The van der Waals surface area contributed by atoms with E-state index in [2.05, 4.69) is 30.3 Å². The second-order valence-corrected chi connectivity index (χ2v) is 7.23. The molecule has 0 unspecified atom stereocenters. The fourth-order valence-electron chi connectivity index (χ4n) is 4.37. The number of esters is 1. The maximum Gasteiger partial charge on any atom is 0.303 e.